The summed E-state index contributed by atoms with van der Waals surface area (Å²) in [6.45, 7) is 4.95. The molecule has 6 heteroatoms. The van der Waals surface area contributed by atoms with Gasteiger partial charge in [0.05, 0.1) is 10.6 Å². The first kappa shape index (κ1) is 14.1. The predicted molar refractivity (Wildman–Crippen MR) is 79.4 cm³/mol. The summed E-state index contributed by atoms with van der Waals surface area (Å²) in [6, 6.07) is 2.24. The lowest BCUT2D eigenvalue weighted by molar-refractivity contribution is 0.0395. The maximum Gasteiger partial charge on any atom is 0.255 e. The van der Waals surface area contributed by atoms with Crippen LogP contribution in [0.1, 0.15) is 30.1 Å². The van der Waals surface area contributed by atoms with Gasteiger partial charge in [0, 0.05) is 31.4 Å². The van der Waals surface area contributed by atoms with Crippen LogP contribution in [0.3, 0.4) is 0 Å². The van der Waals surface area contributed by atoms with E-state index >= 15 is 0 Å². The van der Waals surface area contributed by atoms with Gasteiger partial charge in [-0.2, -0.15) is 0 Å². The molecule has 3 heterocycles. The van der Waals surface area contributed by atoms with Crippen LogP contribution in [0.4, 0.5) is 0 Å². The molecule has 2 saturated heterocycles. The average Bonchev–Trinajstić information content (AvgIpc) is 2.87. The largest absolute Gasteiger partial charge is 0.333 e. The highest BCUT2D eigenvalue weighted by molar-refractivity contribution is 6.35. The SMILES string of the molecule is CC1CN2CCCC2CN1C(=O)c1cc(Cl)ncc1Cl. The first-order valence-electron chi connectivity index (χ1n) is 6.92. The molecule has 1 aromatic rings. The van der Waals surface area contributed by atoms with Crippen LogP contribution < -0.4 is 0 Å². The summed E-state index contributed by atoms with van der Waals surface area (Å²) in [6.07, 6.45) is 3.83. The van der Waals surface area contributed by atoms with E-state index in [4.69, 9.17) is 23.2 Å². The van der Waals surface area contributed by atoms with Crippen molar-refractivity contribution >= 4 is 29.1 Å². The molecule has 2 atom stereocenters. The van der Waals surface area contributed by atoms with Gasteiger partial charge in [0.25, 0.3) is 5.91 Å². The zero-order chi connectivity index (χ0) is 14.3. The number of aromatic nitrogens is 1. The van der Waals surface area contributed by atoms with Crippen molar-refractivity contribution in [3.63, 3.8) is 0 Å². The van der Waals surface area contributed by atoms with Gasteiger partial charge in [0.15, 0.2) is 0 Å². The van der Waals surface area contributed by atoms with Crippen LogP contribution in [0.15, 0.2) is 12.3 Å². The van der Waals surface area contributed by atoms with Gasteiger partial charge < -0.3 is 4.90 Å². The molecular formula is C14H17Cl2N3O. The Bertz CT molecular complexity index is 537. The minimum absolute atomic E-state index is 0.0432. The summed E-state index contributed by atoms with van der Waals surface area (Å²) in [4.78, 5) is 21.0. The van der Waals surface area contributed by atoms with Crippen molar-refractivity contribution in [2.24, 2.45) is 0 Å². The van der Waals surface area contributed by atoms with E-state index in [0.717, 1.165) is 19.6 Å². The first-order valence-corrected chi connectivity index (χ1v) is 7.68. The Kier molecular flexibility index (Phi) is 3.89. The summed E-state index contributed by atoms with van der Waals surface area (Å²) in [5.41, 5.74) is 0.449. The highest BCUT2D eigenvalue weighted by Gasteiger charge is 2.37. The van der Waals surface area contributed by atoms with E-state index in [0.29, 0.717) is 21.8 Å². The number of halogens is 2. The number of pyridine rings is 1. The number of piperazine rings is 1. The van der Waals surface area contributed by atoms with E-state index in [1.165, 1.54) is 19.0 Å². The molecule has 1 amide bonds. The molecule has 0 N–H and O–H groups in total. The number of carbonyl (C=O) groups excluding carboxylic acids is 1. The highest BCUT2D eigenvalue weighted by atomic mass is 35.5. The van der Waals surface area contributed by atoms with Crippen LogP contribution in [-0.2, 0) is 0 Å². The van der Waals surface area contributed by atoms with Gasteiger partial charge in [-0.05, 0) is 32.4 Å². The molecule has 0 spiro atoms. The Morgan fingerprint density at radius 3 is 3.00 bits per heavy atom. The fourth-order valence-electron chi connectivity index (χ4n) is 3.20. The van der Waals surface area contributed by atoms with Gasteiger partial charge in [-0.15, -0.1) is 0 Å². The number of carbonyl (C=O) groups is 1. The molecule has 4 nitrogen and oxygen atoms in total. The van der Waals surface area contributed by atoms with E-state index in [9.17, 15) is 4.79 Å². The van der Waals surface area contributed by atoms with E-state index in [1.54, 1.807) is 6.07 Å². The summed E-state index contributed by atoms with van der Waals surface area (Å²) in [5.74, 6) is -0.0432. The number of hydrogen-bond acceptors (Lipinski definition) is 3. The average molecular weight is 314 g/mol. The van der Waals surface area contributed by atoms with Gasteiger partial charge >= 0.3 is 0 Å². The second-order valence-electron chi connectivity index (χ2n) is 5.58. The second kappa shape index (κ2) is 5.51. The summed E-state index contributed by atoms with van der Waals surface area (Å²) >= 11 is 12.0. The van der Waals surface area contributed by atoms with Gasteiger partial charge in [-0.25, -0.2) is 4.98 Å². The van der Waals surface area contributed by atoms with Crippen molar-refractivity contribution in [3.05, 3.63) is 28.0 Å². The summed E-state index contributed by atoms with van der Waals surface area (Å²) in [5, 5.41) is 0.658. The van der Waals surface area contributed by atoms with Crippen LogP contribution in [0.2, 0.25) is 10.2 Å². The molecular weight excluding hydrogens is 297 g/mol. The van der Waals surface area contributed by atoms with Crippen LogP contribution in [0.25, 0.3) is 0 Å². The van der Waals surface area contributed by atoms with E-state index in [2.05, 4.69) is 16.8 Å². The molecule has 0 saturated carbocycles. The summed E-state index contributed by atoms with van der Waals surface area (Å²) < 4.78 is 0. The van der Waals surface area contributed by atoms with Crippen molar-refractivity contribution in [2.75, 3.05) is 19.6 Å². The van der Waals surface area contributed by atoms with E-state index in [1.807, 2.05) is 4.90 Å². The quantitative estimate of drug-likeness (QED) is 0.748. The number of nitrogens with zero attached hydrogens (tertiary/aromatic N) is 3. The van der Waals surface area contributed by atoms with E-state index < -0.39 is 0 Å². The smallest absolute Gasteiger partial charge is 0.255 e. The monoisotopic (exact) mass is 313 g/mol. The number of hydrogen-bond donors (Lipinski definition) is 0. The molecule has 0 aromatic carbocycles. The predicted octanol–water partition coefficient (Wildman–Crippen LogP) is 2.70. The molecule has 2 fully saturated rings. The van der Waals surface area contributed by atoms with Crippen molar-refractivity contribution < 1.29 is 4.79 Å². The Balaban J connectivity index is 1.84. The lowest BCUT2D eigenvalue weighted by Crippen LogP contribution is -2.56. The molecule has 3 rings (SSSR count). The van der Waals surface area contributed by atoms with Gasteiger partial charge in [-0.1, -0.05) is 23.2 Å². The molecule has 108 valence electrons. The number of amides is 1. The zero-order valence-electron chi connectivity index (χ0n) is 11.4. The first-order chi connectivity index (χ1) is 9.56. The minimum Gasteiger partial charge on any atom is -0.333 e. The van der Waals surface area contributed by atoms with Crippen LogP contribution in [0.5, 0.6) is 0 Å². The third-order valence-electron chi connectivity index (χ3n) is 4.25. The van der Waals surface area contributed by atoms with Gasteiger partial charge in [-0.3, -0.25) is 9.69 Å². The number of fused-ring (bicyclic) bond motifs is 1. The van der Waals surface area contributed by atoms with E-state index in [-0.39, 0.29) is 11.9 Å². The number of rotatable bonds is 1. The van der Waals surface area contributed by atoms with Crippen LogP contribution in [-0.4, -0.2) is 52.4 Å². The minimum atomic E-state index is -0.0432. The van der Waals surface area contributed by atoms with Crippen molar-refractivity contribution in [2.45, 2.75) is 31.8 Å². The lowest BCUT2D eigenvalue weighted by atomic mass is 10.1. The van der Waals surface area contributed by atoms with Crippen molar-refractivity contribution in [1.29, 1.82) is 0 Å². The fourth-order valence-corrected chi connectivity index (χ4v) is 3.54. The molecule has 0 aliphatic carbocycles. The van der Waals surface area contributed by atoms with Crippen LogP contribution in [0, 0.1) is 0 Å². The molecule has 2 unspecified atom stereocenters. The Labute approximate surface area is 128 Å². The Morgan fingerprint density at radius 2 is 2.20 bits per heavy atom. The van der Waals surface area contributed by atoms with Gasteiger partial charge in [0.1, 0.15) is 5.15 Å². The Morgan fingerprint density at radius 1 is 1.40 bits per heavy atom. The van der Waals surface area contributed by atoms with Crippen LogP contribution >= 0.6 is 23.2 Å². The lowest BCUT2D eigenvalue weighted by Gasteiger charge is -2.42. The normalized spacial score (nSPS) is 26.6. The maximum absolute atomic E-state index is 12.7. The van der Waals surface area contributed by atoms with Gasteiger partial charge in [0.2, 0.25) is 0 Å². The molecule has 20 heavy (non-hydrogen) atoms. The Hall–Kier alpha value is -0.840. The highest BCUT2D eigenvalue weighted by Crippen LogP contribution is 2.27. The third kappa shape index (κ3) is 2.52. The molecule has 0 bridgehead atoms. The fraction of sp³-hybridized carbons (Fsp3) is 0.571. The topological polar surface area (TPSA) is 36.4 Å². The molecule has 1 aromatic heterocycles. The molecule has 2 aliphatic heterocycles. The summed E-state index contributed by atoms with van der Waals surface area (Å²) in [7, 11) is 0. The zero-order valence-corrected chi connectivity index (χ0v) is 12.9. The second-order valence-corrected chi connectivity index (χ2v) is 6.38. The molecule has 2 aliphatic rings. The molecule has 0 radical (unpaired) electrons. The third-order valence-corrected chi connectivity index (χ3v) is 4.76. The standard InChI is InChI=1S/C14H17Cl2N3O/c1-9-7-18-4-2-3-10(18)8-19(9)14(20)11-5-13(16)17-6-12(11)15/h5-6,9-10H,2-4,7-8H2,1H3. The van der Waals surface area contributed by atoms with Crippen molar-refractivity contribution in [3.8, 4) is 0 Å². The van der Waals surface area contributed by atoms with Crippen molar-refractivity contribution in [1.82, 2.24) is 14.8 Å². The maximum atomic E-state index is 12.7.